The summed E-state index contributed by atoms with van der Waals surface area (Å²) in [7, 11) is -3.55. The third-order valence-electron chi connectivity index (χ3n) is 2.76. The molecule has 0 spiro atoms. The van der Waals surface area contributed by atoms with Gasteiger partial charge in [-0.15, -0.1) is 11.3 Å². The van der Waals surface area contributed by atoms with Gasteiger partial charge in [0, 0.05) is 11.4 Å². The Balaban J connectivity index is 2.08. The van der Waals surface area contributed by atoms with Crippen molar-refractivity contribution in [3.05, 3.63) is 52.0 Å². The molecule has 2 N–H and O–H groups in total. The van der Waals surface area contributed by atoms with Crippen molar-refractivity contribution in [2.24, 2.45) is 0 Å². The van der Waals surface area contributed by atoms with Crippen molar-refractivity contribution < 1.29 is 17.6 Å². The number of amides is 1. The third kappa shape index (κ3) is 4.81. The minimum Gasteiger partial charge on any atom is -0.352 e. The molecule has 0 atom stereocenters. The van der Waals surface area contributed by atoms with Gasteiger partial charge in [-0.05, 0) is 36.1 Å². The lowest BCUT2D eigenvalue weighted by Gasteiger charge is -2.11. The lowest BCUT2D eigenvalue weighted by molar-refractivity contribution is 0.0954. The number of hydrogen-bond donors (Lipinski definition) is 2. The second-order valence-electron chi connectivity index (χ2n) is 4.65. The molecule has 0 saturated heterocycles. The van der Waals surface area contributed by atoms with Gasteiger partial charge in [-0.2, -0.15) is 0 Å². The summed E-state index contributed by atoms with van der Waals surface area (Å²) in [5.41, 5.74) is 0.00845. The lowest BCUT2D eigenvalue weighted by atomic mass is 10.1. The van der Waals surface area contributed by atoms with Gasteiger partial charge >= 0.3 is 0 Å². The van der Waals surface area contributed by atoms with E-state index in [4.69, 9.17) is 0 Å². The second kappa shape index (κ2) is 6.89. The van der Waals surface area contributed by atoms with Gasteiger partial charge in [-0.1, -0.05) is 6.07 Å². The number of anilines is 1. The van der Waals surface area contributed by atoms with E-state index < -0.39 is 21.7 Å². The summed E-state index contributed by atoms with van der Waals surface area (Å²) in [5, 5.41) is 4.60. The van der Waals surface area contributed by atoms with Crippen molar-refractivity contribution in [2.45, 2.75) is 6.42 Å². The Morgan fingerprint density at radius 1 is 1.32 bits per heavy atom. The number of rotatable bonds is 6. The van der Waals surface area contributed by atoms with Gasteiger partial charge in [-0.25, -0.2) is 12.8 Å². The summed E-state index contributed by atoms with van der Waals surface area (Å²) < 4.78 is 38.1. The topological polar surface area (TPSA) is 75.3 Å². The molecule has 0 aliphatic carbocycles. The van der Waals surface area contributed by atoms with Gasteiger partial charge in [0.15, 0.2) is 0 Å². The summed E-state index contributed by atoms with van der Waals surface area (Å²) >= 11 is 1.58. The van der Waals surface area contributed by atoms with Crippen LogP contribution in [0.1, 0.15) is 15.2 Å². The smallest absolute Gasteiger partial charge is 0.253 e. The van der Waals surface area contributed by atoms with Crippen molar-refractivity contribution in [1.29, 1.82) is 0 Å². The molecule has 1 amide bonds. The highest BCUT2D eigenvalue weighted by Crippen LogP contribution is 2.18. The minimum atomic E-state index is -3.55. The number of carbonyl (C=O) groups excluding carboxylic acids is 1. The predicted octanol–water partition coefficient (Wildman–Crippen LogP) is 2.23. The maximum Gasteiger partial charge on any atom is 0.253 e. The van der Waals surface area contributed by atoms with Crippen LogP contribution in [0.4, 0.5) is 10.1 Å². The average molecular weight is 342 g/mol. The summed E-state index contributed by atoms with van der Waals surface area (Å²) in [6, 6.07) is 7.20. The zero-order valence-corrected chi connectivity index (χ0v) is 13.4. The van der Waals surface area contributed by atoms with E-state index in [0.717, 1.165) is 23.3 Å². The molecule has 2 aromatic rings. The zero-order valence-electron chi connectivity index (χ0n) is 11.8. The molecule has 0 bridgehead atoms. The van der Waals surface area contributed by atoms with E-state index >= 15 is 0 Å². The highest BCUT2D eigenvalue weighted by Gasteiger charge is 2.15. The largest absolute Gasteiger partial charge is 0.352 e. The molecule has 0 unspecified atom stereocenters. The monoisotopic (exact) mass is 342 g/mol. The van der Waals surface area contributed by atoms with Gasteiger partial charge in [0.05, 0.1) is 17.5 Å². The van der Waals surface area contributed by atoms with Gasteiger partial charge in [0.2, 0.25) is 10.0 Å². The molecule has 0 fully saturated rings. The van der Waals surface area contributed by atoms with Crippen molar-refractivity contribution >= 4 is 33.0 Å². The van der Waals surface area contributed by atoms with E-state index in [1.807, 2.05) is 17.5 Å². The van der Waals surface area contributed by atoms with E-state index in [1.165, 1.54) is 6.07 Å². The van der Waals surface area contributed by atoms with Crippen LogP contribution < -0.4 is 10.0 Å². The Bertz CT molecular complexity index is 758. The highest BCUT2D eigenvalue weighted by atomic mass is 32.2. The zero-order chi connectivity index (χ0) is 16.2. The summed E-state index contributed by atoms with van der Waals surface area (Å²) in [6.07, 6.45) is 1.63. The molecule has 0 aliphatic heterocycles. The standard InChI is InChI=1S/C14H15FN2O3S2/c1-22(19,20)17-13-5-4-10(15)9-12(13)14(18)16-7-6-11-3-2-8-21-11/h2-5,8-9,17H,6-7H2,1H3,(H,16,18). The van der Waals surface area contributed by atoms with Crippen LogP contribution in [0.25, 0.3) is 0 Å². The number of halogens is 1. The molecule has 118 valence electrons. The molecule has 1 heterocycles. The molecule has 1 aromatic heterocycles. The quantitative estimate of drug-likeness (QED) is 0.845. The fraction of sp³-hybridized carbons (Fsp3) is 0.214. The number of thiophene rings is 1. The van der Waals surface area contributed by atoms with Crippen LogP contribution >= 0.6 is 11.3 Å². The lowest BCUT2D eigenvalue weighted by Crippen LogP contribution is -2.27. The first-order chi connectivity index (χ1) is 10.3. The molecule has 8 heteroatoms. The van der Waals surface area contributed by atoms with Crippen LogP contribution in [-0.4, -0.2) is 27.1 Å². The summed E-state index contributed by atoms with van der Waals surface area (Å²) in [6.45, 7) is 0.383. The number of sulfonamides is 1. The normalized spacial score (nSPS) is 11.2. The van der Waals surface area contributed by atoms with E-state index in [2.05, 4.69) is 10.0 Å². The van der Waals surface area contributed by atoms with Crippen LogP contribution in [0.5, 0.6) is 0 Å². The Morgan fingerprint density at radius 3 is 2.73 bits per heavy atom. The molecular formula is C14H15FN2O3S2. The van der Waals surface area contributed by atoms with Crippen molar-refractivity contribution in [2.75, 3.05) is 17.5 Å². The van der Waals surface area contributed by atoms with Crippen molar-refractivity contribution in [1.82, 2.24) is 5.32 Å². The van der Waals surface area contributed by atoms with Crippen molar-refractivity contribution in [3.8, 4) is 0 Å². The van der Waals surface area contributed by atoms with Crippen LogP contribution in [0, 0.1) is 5.82 Å². The van der Waals surface area contributed by atoms with Crippen molar-refractivity contribution in [3.63, 3.8) is 0 Å². The minimum absolute atomic E-state index is 0.0448. The third-order valence-corrected chi connectivity index (χ3v) is 4.29. The number of benzene rings is 1. The van der Waals surface area contributed by atoms with Crippen LogP contribution in [0.15, 0.2) is 35.7 Å². The van der Waals surface area contributed by atoms with E-state index in [1.54, 1.807) is 11.3 Å². The second-order valence-corrected chi connectivity index (χ2v) is 7.43. The maximum atomic E-state index is 13.3. The van der Waals surface area contributed by atoms with Crippen LogP contribution in [0.3, 0.4) is 0 Å². The summed E-state index contributed by atoms with van der Waals surface area (Å²) in [5.74, 6) is -1.13. The number of nitrogens with one attached hydrogen (secondary N) is 2. The Hall–Kier alpha value is -1.93. The first kappa shape index (κ1) is 16.4. The molecule has 5 nitrogen and oxygen atoms in total. The summed E-state index contributed by atoms with van der Waals surface area (Å²) in [4.78, 5) is 13.2. The van der Waals surface area contributed by atoms with E-state index in [9.17, 15) is 17.6 Å². The first-order valence-electron chi connectivity index (χ1n) is 6.43. The fourth-order valence-corrected chi connectivity index (χ4v) is 3.13. The molecule has 1 aromatic carbocycles. The molecule has 0 aliphatic rings. The molecule has 2 rings (SSSR count). The Kier molecular flexibility index (Phi) is 5.15. The molecule has 22 heavy (non-hydrogen) atoms. The average Bonchev–Trinajstić information content (AvgIpc) is 2.92. The van der Waals surface area contributed by atoms with Gasteiger partial charge < -0.3 is 5.32 Å². The van der Waals surface area contributed by atoms with E-state index in [0.29, 0.717) is 13.0 Å². The molecule has 0 radical (unpaired) electrons. The maximum absolute atomic E-state index is 13.3. The van der Waals surface area contributed by atoms with Crippen LogP contribution in [0.2, 0.25) is 0 Å². The fourth-order valence-electron chi connectivity index (χ4n) is 1.84. The van der Waals surface area contributed by atoms with Crippen LogP contribution in [-0.2, 0) is 16.4 Å². The number of carbonyl (C=O) groups is 1. The number of hydrogen-bond acceptors (Lipinski definition) is 4. The predicted molar refractivity (Wildman–Crippen MR) is 85.2 cm³/mol. The highest BCUT2D eigenvalue weighted by molar-refractivity contribution is 7.92. The van der Waals surface area contributed by atoms with Gasteiger partial charge in [0.25, 0.3) is 5.91 Å². The Morgan fingerprint density at radius 2 is 2.09 bits per heavy atom. The van der Waals surface area contributed by atoms with Gasteiger partial charge in [0.1, 0.15) is 5.82 Å². The first-order valence-corrected chi connectivity index (χ1v) is 9.20. The molecular weight excluding hydrogens is 327 g/mol. The SMILES string of the molecule is CS(=O)(=O)Nc1ccc(F)cc1C(=O)NCCc1cccs1. The molecule has 0 saturated carbocycles. The Labute approximate surface area is 132 Å². The van der Waals surface area contributed by atoms with Gasteiger partial charge in [-0.3, -0.25) is 9.52 Å². The van der Waals surface area contributed by atoms with E-state index in [-0.39, 0.29) is 11.3 Å².